The Hall–Kier alpha value is -1.59. The highest BCUT2D eigenvalue weighted by Crippen LogP contribution is 2.41. The maximum absolute atomic E-state index is 9.52. The Morgan fingerprint density at radius 1 is 1.35 bits per heavy atom. The number of rotatable bonds is 8. The fourth-order valence-electron chi connectivity index (χ4n) is 2.63. The van der Waals surface area contributed by atoms with Crippen LogP contribution in [0.15, 0.2) is 49.1 Å². The topological polar surface area (TPSA) is 27.0 Å². The van der Waals surface area contributed by atoms with E-state index in [0.29, 0.717) is 0 Å². The van der Waals surface area contributed by atoms with Gasteiger partial charge in [0.05, 0.1) is 6.07 Å². The Balaban J connectivity index is 5.62. The molecule has 20 heavy (non-hydrogen) atoms. The molecule has 0 aliphatic rings. The normalized spacial score (nSPS) is 17.8. The van der Waals surface area contributed by atoms with Gasteiger partial charge in [-0.1, -0.05) is 49.5 Å². The first-order valence-corrected chi connectivity index (χ1v) is 6.88. The molecular formula is C18H28N2. The van der Waals surface area contributed by atoms with Gasteiger partial charge in [0, 0.05) is 5.41 Å². The van der Waals surface area contributed by atoms with E-state index in [0.717, 1.165) is 17.6 Å². The molecule has 0 amide bonds. The SMILES string of the molecule is C=C/C(C)=C/CC(C(=C)C)C(C)(C=C)C(C#N)N(C)C. The number of nitrogens with zero attached hydrogens (tertiary/aromatic N) is 2. The second-order valence-corrected chi connectivity index (χ2v) is 5.85. The predicted molar refractivity (Wildman–Crippen MR) is 88.3 cm³/mol. The molecule has 2 nitrogen and oxygen atoms in total. The average molecular weight is 272 g/mol. The molecule has 0 bridgehead atoms. The molecule has 0 aromatic heterocycles. The van der Waals surface area contributed by atoms with Crippen LogP contribution in [-0.2, 0) is 0 Å². The lowest BCUT2D eigenvalue weighted by Crippen LogP contribution is -2.45. The van der Waals surface area contributed by atoms with E-state index in [-0.39, 0.29) is 17.4 Å². The Morgan fingerprint density at radius 3 is 2.20 bits per heavy atom. The lowest BCUT2D eigenvalue weighted by molar-refractivity contribution is 0.158. The monoisotopic (exact) mass is 272 g/mol. The van der Waals surface area contributed by atoms with Gasteiger partial charge >= 0.3 is 0 Å². The molecule has 3 atom stereocenters. The standard InChI is InChI=1S/C18H28N2/c1-9-15(5)11-12-16(14(3)4)18(6,10-2)17(13-19)20(7)8/h9-11,16-17H,1-3,12H2,4-8H3/b15-11+. The van der Waals surface area contributed by atoms with Crippen molar-refractivity contribution >= 4 is 0 Å². The van der Waals surface area contributed by atoms with Gasteiger partial charge in [-0.2, -0.15) is 5.26 Å². The zero-order valence-electron chi connectivity index (χ0n) is 13.6. The van der Waals surface area contributed by atoms with E-state index in [2.05, 4.69) is 38.8 Å². The van der Waals surface area contributed by atoms with Gasteiger partial charge in [0.25, 0.3) is 0 Å². The summed E-state index contributed by atoms with van der Waals surface area (Å²) in [5.74, 6) is 0.168. The van der Waals surface area contributed by atoms with Crippen molar-refractivity contribution in [2.45, 2.75) is 33.2 Å². The predicted octanol–water partition coefficient (Wildman–Crippen LogP) is 4.35. The number of nitriles is 1. The van der Waals surface area contributed by atoms with Crippen LogP contribution in [0.5, 0.6) is 0 Å². The van der Waals surface area contributed by atoms with Crippen LogP contribution in [0.25, 0.3) is 0 Å². The van der Waals surface area contributed by atoms with Gasteiger partial charge < -0.3 is 0 Å². The van der Waals surface area contributed by atoms with Crippen LogP contribution in [0.3, 0.4) is 0 Å². The summed E-state index contributed by atoms with van der Waals surface area (Å²) >= 11 is 0. The molecule has 0 heterocycles. The number of allylic oxidation sites excluding steroid dienone is 4. The van der Waals surface area contributed by atoms with Crippen molar-refractivity contribution in [1.82, 2.24) is 4.90 Å². The van der Waals surface area contributed by atoms with Crippen molar-refractivity contribution in [2.75, 3.05) is 14.1 Å². The van der Waals surface area contributed by atoms with Crippen molar-refractivity contribution in [1.29, 1.82) is 5.26 Å². The molecule has 110 valence electrons. The Bertz CT molecular complexity index is 437. The van der Waals surface area contributed by atoms with Gasteiger partial charge in [0.2, 0.25) is 0 Å². The van der Waals surface area contributed by atoms with Crippen LogP contribution >= 0.6 is 0 Å². The molecule has 0 aliphatic carbocycles. The fourth-order valence-corrected chi connectivity index (χ4v) is 2.63. The maximum atomic E-state index is 9.52. The third kappa shape index (κ3) is 4.21. The largest absolute Gasteiger partial charge is 0.293 e. The molecule has 0 rings (SSSR count). The van der Waals surface area contributed by atoms with Crippen molar-refractivity contribution in [3.05, 3.63) is 49.1 Å². The molecule has 0 spiro atoms. The maximum Gasteiger partial charge on any atom is 0.107 e. The average Bonchev–Trinajstić information content (AvgIpc) is 2.38. The smallest absolute Gasteiger partial charge is 0.107 e. The lowest BCUT2D eigenvalue weighted by atomic mass is 9.67. The van der Waals surface area contributed by atoms with E-state index >= 15 is 0 Å². The fraction of sp³-hybridized carbons (Fsp3) is 0.500. The van der Waals surface area contributed by atoms with E-state index in [1.165, 1.54) is 0 Å². The number of hydrogen-bond donors (Lipinski definition) is 0. The van der Waals surface area contributed by atoms with Gasteiger partial charge in [-0.3, -0.25) is 4.90 Å². The van der Waals surface area contributed by atoms with E-state index in [1.54, 1.807) is 0 Å². The minimum Gasteiger partial charge on any atom is -0.293 e. The van der Waals surface area contributed by atoms with Gasteiger partial charge in [0.15, 0.2) is 0 Å². The number of hydrogen-bond acceptors (Lipinski definition) is 2. The summed E-state index contributed by atoms with van der Waals surface area (Å²) in [5, 5.41) is 9.52. The van der Waals surface area contributed by atoms with Crippen molar-refractivity contribution in [3.63, 3.8) is 0 Å². The molecule has 0 fully saturated rings. The van der Waals surface area contributed by atoms with Gasteiger partial charge in [-0.15, -0.1) is 6.58 Å². The summed E-state index contributed by atoms with van der Waals surface area (Å²) in [6.45, 7) is 18.0. The first kappa shape index (κ1) is 18.4. The minimum atomic E-state index is -0.345. The summed E-state index contributed by atoms with van der Waals surface area (Å²) in [6, 6.07) is 2.17. The van der Waals surface area contributed by atoms with E-state index in [1.807, 2.05) is 45.0 Å². The van der Waals surface area contributed by atoms with Crippen LogP contribution in [0.1, 0.15) is 27.2 Å². The summed E-state index contributed by atoms with van der Waals surface area (Å²) in [7, 11) is 3.85. The van der Waals surface area contributed by atoms with E-state index in [4.69, 9.17) is 0 Å². The molecule has 2 heteroatoms. The Labute approximate surface area is 124 Å². The molecular weight excluding hydrogens is 244 g/mol. The van der Waals surface area contributed by atoms with Crippen molar-refractivity contribution in [3.8, 4) is 6.07 Å². The van der Waals surface area contributed by atoms with Crippen molar-refractivity contribution < 1.29 is 0 Å². The first-order chi connectivity index (χ1) is 9.24. The molecule has 0 aromatic carbocycles. The van der Waals surface area contributed by atoms with Crippen LogP contribution < -0.4 is 0 Å². The highest BCUT2D eigenvalue weighted by atomic mass is 15.1. The Kier molecular flexibility index (Phi) is 7.24. The third-order valence-corrected chi connectivity index (χ3v) is 4.01. The Morgan fingerprint density at radius 2 is 1.90 bits per heavy atom. The minimum absolute atomic E-state index is 0.168. The summed E-state index contributed by atoms with van der Waals surface area (Å²) < 4.78 is 0. The molecule has 0 N–H and O–H groups in total. The summed E-state index contributed by atoms with van der Waals surface area (Å²) in [4.78, 5) is 1.95. The zero-order chi connectivity index (χ0) is 15.9. The second kappa shape index (κ2) is 7.87. The summed E-state index contributed by atoms with van der Waals surface area (Å²) in [5.41, 5.74) is 1.87. The molecule has 0 aliphatic heterocycles. The quantitative estimate of drug-likeness (QED) is 0.485. The van der Waals surface area contributed by atoms with Gasteiger partial charge in [-0.25, -0.2) is 0 Å². The van der Waals surface area contributed by atoms with E-state index < -0.39 is 0 Å². The zero-order valence-corrected chi connectivity index (χ0v) is 13.6. The van der Waals surface area contributed by atoms with Crippen LogP contribution in [0.2, 0.25) is 0 Å². The highest BCUT2D eigenvalue weighted by molar-refractivity contribution is 5.21. The second-order valence-electron chi connectivity index (χ2n) is 5.85. The molecule has 3 unspecified atom stereocenters. The third-order valence-electron chi connectivity index (χ3n) is 4.01. The van der Waals surface area contributed by atoms with Gasteiger partial charge in [-0.05, 0) is 40.3 Å². The molecule has 0 radical (unpaired) electrons. The molecule has 0 aromatic rings. The molecule has 0 saturated heterocycles. The first-order valence-electron chi connectivity index (χ1n) is 6.88. The summed E-state index contributed by atoms with van der Waals surface area (Å²) in [6.07, 6.45) is 6.73. The van der Waals surface area contributed by atoms with Crippen LogP contribution in [0.4, 0.5) is 0 Å². The van der Waals surface area contributed by atoms with E-state index in [9.17, 15) is 5.26 Å². The lowest BCUT2D eigenvalue weighted by Gasteiger charge is -2.41. The van der Waals surface area contributed by atoms with Crippen molar-refractivity contribution in [2.24, 2.45) is 11.3 Å². The van der Waals surface area contributed by atoms with Gasteiger partial charge in [0.1, 0.15) is 6.04 Å². The van der Waals surface area contributed by atoms with Crippen LogP contribution in [0, 0.1) is 22.7 Å². The highest BCUT2D eigenvalue weighted by Gasteiger charge is 2.40. The van der Waals surface area contributed by atoms with Crippen LogP contribution in [-0.4, -0.2) is 25.0 Å². The molecule has 0 saturated carbocycles.